The smallest absolute Gasteiger partial charge is 0.264 e. The summed E-state index contributed by atoms with van der Waals surface area (Å²) in [6, 6.07) is 19.9. The molecule has 3 aromatic carbocycles. The van der Waals surface area contributed by atoms with E-state index in [-0.39, 0.29) is 17.3 Å². The van der Waals surface area contributed by atoms with E-state index in [1.165, 1.54) is 11.1 Å². The molecule has 1 N–H and O–H groups in total. The molecule has 0 bridgehead atoms. The molecule has 1 amide bonds. The van der Waals surface area contributed by atoms with E-state index >= 15 is 0 Å². The zero-order valence-electron chi connectivity index (χ0n) is 19.5. The zero-order chi connectivity index (χ0) is 24.7. The Labute approximate surface area is 211 Å². The van der Waals surface area contributed by atoms with Crippen molar-refractivity contribution in [3.8, 4) is 0 Å². The zero-order valence-corrected chi connectivity index (χ0v) is 21.9. The quantitative estimate of drug-likeness (QED) is 0.361. The van der Waals surface area contributed by atoms with Crippen LogP contribution < -0.4 is 9.62 Å². The number of hydrogen-bond donors (Lipinski definition) is 1. The number of nitrogens with zero attached hydrogens (tertiary/aromatic N) is 1. The Bertz CT molecular complexity index is 1250. The van der Waals surface area contributed by atoms with Crippen LogP contribution in [0.25, 0.3) is 0 Å². The number of nitrogens with one attached hydrogen (secondary N) is 1. The van der Waals surface area contributed by atoms with E-state index in [0.29, 0.717) is 17.3 Å². The Morgan fingerprint density at radius 1 is 0.971 bits per heavy atom. The van der Waals surface area contributed by atoms with Crippen molar-refractivity contribution in [1.82, 2.24) is 5.32 Å². The van der Waals surface area contributed by atoms with Gasteiger partial charge in [0.25, 0.3) is 10.0 Å². The van der Waals surface area contributed by atoms with Crippen molar-refractivity contribution in [2.45, 2.75) is 31.4 Å². The van der Waals surface area contributed by atoms with Gasteiger partial charge in [0.2, 0.25) is 5.91 Å². The molecule has 180 valence electrons. The van der Waals surface area contributed by atoms with Gasteiger partial charge in [-0.3, -0.25) is 9.10 Å². The van der Waals surface area contributed by atoms with Crippen molar-refractivity contribution < 1.29 is 13.2 Å². The minimum Gasteiger partial charge on any atom is -0.354 e. The lowest BCUT2D eigenvalue weighted by Crippen LogP contribution is -2.41. The van der Waals surface area contributed by atoms with Gasteiger partial charge in [0.15, 0.2) is 0 Å². The van der Waals surface area contributed by atoms with E-state index in [9.17, 15) is 13.2 Å². The summed E-state index contributed by atoms with van der Waals surface area (Å²) in [5, 5.41) is 3.28. The molecule has 0 spiro atoms. The van der Waals surface area contributed by atoms with Gasteiger partial charge in [0, 0.05) is 23.1 Å². The third-order valence-corrected chi connectivity index (χ3v) is 8.48. The molecule has 0 saturated heterocycles. The number of hydrogen-bond acceptors (Lipinski definition) is 4. The van der Waals surface area contributed by atoms with Crippen LogP contribution in [-0.2, 0) is 20.6 Å². The van der Waals surface area contributed by atoms with E-state index in [4.69, 9.17) is 11.6 Å². The summed E-state index contributed by atoms with van der Waals surface area (Å²) < 4.78 is 28.0. The number of halogens is 1. The highest BCUT2D eigenvalue weighted by molar-refractivity contribution is 7.98. The minimum atomic E-state index is -3.96. The Morgan fingerprint density at radius 2 is 1.71 bits per heavy atom. The summed E-state index contributed by atoms with van der Waals surface area (Å²) in [5.41, 5.74) is 4.58. The molecule has 0 fully saturated rings. The van der Waals surface area contributed by atoms with Crippen LogP contribution in [0.1, 0.15) is 22.3 Å². The average Bonchev–Trinajstić information content (AvgIpc) is 2.79. The Hall–Kier alpha value is -2.48. The van der Waals surface area contributed by atoms with E-state index in [0.717, 1.165) is 26.9 Å². The molecule has 8 heteroatoms. The molecule has 0 heterocycles. The normalized spacial score (nSPS) is 11.3. The Balaban J connectivity index is 1.67. The molecule has 0 aliphatic rings. The van der Waals surface area contributed by atoms with E-state index in [1.54, 1.807) is 54.2 Å². The van der Waals surface area contributed by atoms with Crippen molar-refractivity contribution in [3.05, 3.63) is 94.0 Å². The Morgan fingerprint density at radius 3 is 2.38 bits per heavy atom. The molecule has 0 atom stereocenters. The highest BCUT2D eigenvalue weighted by Crippen LogP contribution is 2.28. The van der Waals surface area contributed by atoms with Crippen LogP contribution in [0.4, 0.5) is 5.69 Å². The molecule has 3 rings (SSSR count). The summed E-state index contributed by atoms with van der Waals surface area (Å²) in [6.45, 7) is 5.90. The van der Waals surface area contributed by atoms with Crippen molar-refractivity contribution >= 4 is 45.0 Å². The van der Waals surface area contributed by atoms with Crippen molar-refractivity contribution in [2.75, 3.05) is 23.1 Å². The van der Waals surface area contributed by atoms with Gasteiger partial charge in [-0.2, -0.15) is 11.8 Å². The van der Waals surface area contributed by atoms with E-state index < -0.39 is 10.0 Å². The summed E-state index contributed by atoms with van der Waals surface area (Å²) in [6.07, 6.45) is 0. The van der Waals surface area contributed by atoms with Crippen molar-refractivity contribution in [3.63, 3.8) is 0 Å². The molecule has 0 saturated carbocycles. The molecular formula is C26H29ClN2O3S2. The van der Waals surface area contributed by atoms with Gasteiger partial charge in [-0.25, -0.2) is 8.42 Å². The first-order valence-corrected chi connectivity index (χ1v) is 13.9. The lowest BCUT2D eigenvalue weighted by atomic mass is 10.2. The molecular weight excluding hydrogens is 488 g/mol. The lowest BCUT2D eigenvalue weighted by Gasteiger charge is -2.24. The predicted molar refractivity (Wildman–Crippen MR) is 142 cm³/mol. The lowest BCUT2D eigenvalue weighted by molar-refractivity contribution is -0.119. The van der Waals surface area contributed by atoms with Crippen LogP contribution >= 0.6 is 23.4 Å². The van der Waals surface area contributed by atoms with Crippen LogP contribution in [0.5, 0.6) is 0 Å². The fraction of sp³-hybridized carbons (Fsp3) is 0.269. The largest absolute Gasteiger partial charge is 0.354 e. The molecule has 0 aliphatic carbocycles. The summed E-state index contributed by atoms with van der Waals surface area (Å²) in [7, 11) is -3.96. The number of rotatable bonds is 10. The fourth-order valence-corrected chi connectivity index (χ4v) is 5.72. The Kier molecular flexibility index (Phi) is 9.05. The van der Waals surface area contributed by atoms with E-state index in [2.05, 4.69) is 30.4 Å². The second-order valence-electron chi connectivity index (χ2n) is 8.15. The maximum Gasteiger partial charge on any atom is 0.264 e. The molecule has 34 heavy (non-hydrogen) atoms. The molecule has 0 aromatic heterocycles. The first-order valence-electron chi connectivity index (χ1n) is 10.9. The number of carbonyl (C=O) groups is 1. The number of amides is 1. The first kappa shape index (κ1) is 26.1. The van der Waals surface area contributed by atoms with Crippen LogP contribution in [0.2, 0.25) is 5.02 Å². The summed E-state index contributed by atoms with van der Waals surface area (Å²) in [5.74, 6) is 1.21. The van der Waals surface area contributed by atoms with Crippen molar-refractivity contribution in [1.29, 1.82) is 0 Å². The molecule has 0 radical (unpaired) electrons. The molecule has 0 unspecified atom stereocenters. The predicted octanol–water partition coefficient (Wildman–Crippen LogP) is 5.51. The summed E-state index contributed by atoms with van der Waals surface area (Å²) >= 11 is 7.98. The minimum absolute atomic E-state index is 0.122. The van der Waals surface area contributed by atoms with Gasteiger partial charge >= 0.3 is 0 Å². The number of aryl methyl sites for hydroxylation is 3. The van der Waals surface area contributed by atoms with Gasteiger partial charge < -0.3 is 5.32 Å². The third kappa shape index (κ3) is 7.01. The second kappa shape index (κ2) is 11.8. The van der Waals surface area contributed by atoms with Crippen LogP contribution in [-0.4, -0.2) is 33.2 Å². The monoisotopic (exact) mass is 516 g/mol. The number of benzene rings is 3. The molecule has 5 nitrogen and oxygen atoms in total. The number of carbonyl (C=O) groups excluding carboxylic acids is 1. The van der Waals surface area contributed by atoms with Gasteiger partial charge in [-0.15, -0.1) is 0 Å². The average molecular weight is 517 g/mol. The third-order valence-electron chi connectivity index (χ3n) is 5.26. The highest BCUT2D eigenvalue weighted by atomic mass is 35.5. The molecule has 3 aromatic rings. The van der Waals surface area contributed by atoms with Crippen LogP contribution in [0.15, 0.2) is 71.6 Å². The van der Waals surface area contributed by atoms with Gasteiger partial charge in [0.05, 0.1) is 10.6 Å². The maximum atomic E-state index is 13.4. The van der Waals surface area contributed by atoms with Crippen LogP contribution in [0, 0.1) is 20.8 Å². The van der Waals surface area contributed by atoms with Gasteiger partial charge in [-0.1, -0.05) is 65.2 Å². The number of sulfonamides is 1. The van der Waals surface area contributed by atoms with Crippen molar-refractivity contribution in [2.24, 2.45) is 0 Å². The second-order valence-corrected chi connectivity index (χ2v) is 11.5. The van der Waals surface area contributed by atoms with Gasteiger partial charge in [0.1, 0.15) is 6.54 Å². The number of thioether (sulfide) groups is 1. The number of anilines is 1. The SMILES string of the molecule is Cc1ccc(S(=O)(=O)N(CC(=O)NCCSCc2cccc(C)c2)c2ccc(C)c(Cl)c2)cc1. The first-order chi connectivity index (χ1) is 16.2. The highest BCUT2D eigenvalue weighted by Gasteiger charge is 2.27. The summed E-state index contributed by atoms with van der Waals surface area (Å²) in [4.78, 5) is 12.9. The van der Waals surface area contributed by atoms with Gasteiger partial charge in [-0.05, 0) is 56.2 Å². The fourth-order valence-electron chi connectivity index (χ4n) is 3.33. The van der Waals surface area contributed by atoms with Crippen LogP contribution in [0.3, 0.4) is 0 Å². The molecule has 0 aliphatic heterocycles. The standard InChI is InChI=1S/C26H29ClN2O3S2/c1-19-7-11-24(12-8-19)34(31,32)29(23-10-9-21(3)25(27)16-23)17-26(30)28-13-14-33-18-22-6-4-5-20(2)15-22/h4-12,15-16H,13-14,17-18H2,1-3H3,(H,28,30). The maximum absolute atomic E-state index is 13.4. The van der Waals surface area contributed by atoms with E-state index in [1.807, 2.05) is 19.9 Å². The topological polar surface area (TPSA) is 66.5 Å².